The van der Waals surface area contributed by atoms with E-state index in [0.717, 1.165) is 6.42 Å². The number of furan rings is 1. The third-order valence-corrected chi connectivity index (χ3v) is 3.69. The molecule has 0 bridgehead atoms. The molecule has 1 heterocycles. The summed E-state index contributed by atoms with van der Waals surface area (Å²) < 4.78 is 24.4. The van der Waals surface area contributed by atoms with E-state index in [9.17, 15) is 9.18 Å². The monoisotopic (exact) mass is 376 g/mol. The molecule has 27 heavy (non-hydrogen) atoms. The first-order valence-corrected chi connectivity index (χ1v) is 8.84. The zero-order valence-electron chi connectivity index (χ0n) is 15.5. The molecule has 2 rings (SSSR count). The maximum Gasteiger partial charge on any atom is 0.284 e. The molecule has 2 aromatic rings. The van der Waals surface area contributed by atoms with Crippen molar-refractivity contribution in [2.75, 3.05) is 13.1 Å². The van der Waals surface area contributed by atoms with Crippen molar-refractivity contribution in [2.24, 2.45) is 10.7 Å². The van der Waals surface area contributed by atoms with Crippen LogP contribution in [0.4, 0.5) is 4.39 Å². The lowest BCUT2D eigenvalue weighted by molar-refractivity contribution is 0.0972. The van der Waals surface area contributed by atoms with Gasteiger partial charge in [-0.2, -0.15) is 0 Å². The summed E-state index contributed by atoms with van der Waals surface area (Å²) in [4.78, 5) is 15.5. The maximum atomic E-state index is 13.3. The van der Waals surface area contributed by atoms with E-state index in [1.807, 2.05) is 13.8 Å². The fourth-order valence-electron chi connectivity index (χ4n) is 2.31. The number of primary amides is 1. The van der Waals surface area contributed by atoms with Crippen LogP contribution < -0.4 is 21.1 Å². The normalized spacial score (nSPS) is 12.5. The Morgan fingerprint density at radius 1 is 1.30 bits per heavy atom. The summed E-state index contributed by atoms with van der Waals surface area (Å²) in [5, 5.41) is 6.32. The number of aliphatic imine (C=N–C) groups is 1. The summed E-state index contributed by atoms with van der Waals surface area (Å²) in [5.41, 5.74) is 5.17. The highest BCUT2D eigenvalue weighted by molar-refractivity contribution is 5.89. The molecule has 8 heteroatoms. The van der Waals surface area contributed by atoms with Gasteiger partial charge in [0, 0.05) is 12.6 Å². The number of halogens is 1. The Morgan fingerprint density at radius 3 is 2.74 bits per heavy atom. The number of rotatable bonds is 9. The number of hydrogen-bond donors (Lipinski definition) is 3. The van der Waals surface area contributed by atoms with Crippen molar-refractivity contribution in [3.8, 4) is 5.75 Å². The van der Waals surface area contributed by atoms with E-state index in [0.29, 0.717) is 30.6 Å². The lowest BCUT2D eigenvalue weighted by Gasteiger charge is -2.20. The first-order chi connectivity index (χ1) is 13.0. The molecule has 0 aliphatic carbocycles. The van der Waals surface area contributed by atoms with Gasteiger partial charge in [0.25, 0.3) is 5.91 Å². The highest BCUT2D eigenvalue weighted by atomic mass is 19.1. The van der Waals surface area contributed by atoms with Crippen LogP contribution in [0.25, 0.3) is 0 Å². The smallest absolute Gasteiger partial charge is 0.284 e. The summed E-state index contributed by atoms with van der Waals surface area (Å²) >= 11 is 0. The average Bonchev–Trinajstić information content (AvgIpc) is 3.12. The number of carbonyl (C=O) groups excluding carboxylic acids is 1. The van der Waals surface area contributed by atoms with Crippen molar-refractivity contribution >= 4 is 11.9 Å². The summed E-state index contributed by atoms with van der Waals surface area (Å²) in [6, 6.07) is 9.25. The number of ether oxygens (including phenoxy) is 1. The van der Waals surface area contributed by atoms with E-state index in [1.165, 1.54) is 18.2 Å². The molecular formula is C19H25FN4O3. The topological polar surface area (TPSA) is 102 Å². The van der Waals surface area contributed by atoms with Crippen LogP contribution in [0.3, 0.4) is 0 Å². The van der Waals surface area contributed by atoms with Gasteiger partial charge in [-0.25, -0.2) is 9.38 Å². The van der Waals surface area contributed by atoms with E-state index in [-0.39, 0.29) is 24.2 Å². The highest BCUT2D eigenvalue weighted by Crippen LogP contribution is 2.14. The van der Waals surface area contributed by atoms with Gasteiger partial charge >= 0.3 is 0 Å². The predicted octanol–water partition coefficient (Wildman–Crippen LogP) is 2.43. The molecule has 1 aromatic carbocycles. The van der Waals surface area contributed by atoms with Gasteiger partial charge in [0.2, 0.25) is 0 Å². The van der Waals surface area contributed by atoms with Crippen molar-refractivity contribution in [3.05, 3.63) is 53.7 Å². The molecule has 0 aliphatic rings. The average molecular weight is 376 g/mol. The Balaban J connectivity index is 1.93. The molecule has 0 saturated heterocycles. The number of amides is 1. The van der Waals surface area contributed by atoms with Crippen molar-refractivity contribution in [2.45, 2.75) is 32.9 Å². The van der Waals surface area contributed by atoms with Crippen LogP contribution in [0.15, 0.2) is 45.8 Å². The van der Waals surface area contributed by atoms with Crippen molar-refractivity contribution in [1.82, 2.24) is 10.6 Å². The summed E-state index contributed by atoms with van der Waals surface area (Å²) in [5.74, 6) is 0.752. The second kappa shape index (κ2) is 10.2. The van der Waals surface area contributed by atoms with Crippen LogP contribution >= 0.6 is 0 Å². The lowest BCUT2D eigenvalue weighted by Crippen LogP contribution is -2.42. The zero-order chi connectivity index (χ0) is 19.6. The van der Waals surface area contributed by atoms with Crippen molar-refractivity contribution in [3.63, 3.8) is 0 Å². The van der Waals surface area contributed by atoms with Gasteiger partial charge in [-0.3, -0.25) is 4.79 Å². The Bertz CT molecular complexity index is 776. The van der Waals surface area contributed by atoms with Crippen molar-refractivity contribution in [1.29, 1.82) is 0 Å². The SMILES string of the molecule is CCNC(=NCc1ccc(C(N)=O)o1)NCC(CC)Oc1cccc(F)c1. The molecule has 0 saturated carbocycles. The van der Waals surface area contributed by atoms with Crippen LogP contribution in [0, 0.1) is 5.82 Å². The molecule has 1 unspecified atom stereocenters. The number of hydrogen-bond acceptors (Lipinski definition) is 4. The highest BCUT2D eigenvalue weighted by Gasteiger charge is 2.11. The summed E-state index contributed by atoms with van der Waals surface area (Å²) in [6.07, 6.45) is 0.587. The summed E-state index contributed by atoms with van der Waals surface area (Å²) in [6.45, 7) is 5.37. The van der Waals surface area contributed by atoms with E-state index < -0.39 is 5.91 Å². The third-order valence-electron chi connectivity index (χ3n) is 3.69. The van der Waals surface area contributed by atoms with Gasteiger partial charge in [0.1, 0.15) is 30.0 Å². The predicted molar refractivity (Wildman–Crippen MR) is 101 cm³/mol. The van der Waals surface area contributed by atoms with E-state index in [1.54, 1.807) is 18.2 Å². The van der Waals surface area contributed by atoms with Gasteiger partial charge in [0.15, 0.2) is 11.7 Å². The zero-order valence-corrected chi connectivity index (χ0v) is 15.5. The fourth-order valence-corrected chi connectivity index (χ4v) is 2.31. The van der Waals surface area contributed by atoms with Crippen LogP contribution in [0.2, 0.25) is 0 Å². The molecule has 0 fully saturated rings. The van der Waals surface area contributed by atoms with Crippen molar-refractivity contribution < 1.29 is 18.3 Å². The maximum absolute atomic E-state index is 13.3. The molecule has 0 aliphatic heterocycles. The molecule has 1 aromatic heterocycles. The number of nitrogens with two attached hydrogens (primary N) is 1. The van der Waals surface area contributed by atoms with Crippen LogP contribution in [-0.4, -0.2) is 31.1 Å². The molecule has 4 N–H and O–H groups in total. The summed E-state index contributed by atoms with van der Waals surface area (Å²) in [7, 11) is 0. The molecule has 146 valence electrons. The number of guanidine groups is 1. The molecule has 1 amide bonds. The lowest BCUT2D eigenvalue weighted by atomic mass is 10.2. The molecular weight excluding hydrogens is 351 g/mol. The first kappa shape index (κ1) is 20.3. The second-order valence-electron chi connectivity index (χ2n) is 5.81. The van der Waals surface area contributed by atoms with Gasteiger partial charge in [-0.15, -0.1) is 0 Å². The van der Waals surface area contributed by atoms with Crippen LogP contribution in [0.1, 0.15) is 36.6 Å². The number of nitrogens with one attached hydrogen (secondary N) is 2. The third kappa shape index (κ3) is 6.65. The second-order valence-corrected chi connectivity index (χ2v) is 5.81. The minimum absolute atomic E-state index is 0.104. The standard InChI is InChI=1S/C19H25FN4O3/c1-3-14(26-15-7-5-6-13(20)10-15)11-23-19(22-4-2)24-12-16-8-9-17(27-16)18(21)25/h5-10,14H,3-4,11-12H2,1-2H3,(H2,21,25)(H2,22,23,24). The molecule has 1 atom stereocenters. The minimum Gasteiger partial charge on any atom is -0.489 e. The first-order valence-electron chi connectivity index (χ1n) is 8.84. The number of carbonyl (C=O) groups is 1. The van der Waals surface area contributed by atoms with E-state index in [4.69, 9.17) is 14.9 Å². The number of nitrogens with zero attached hydrogens (tertiary/aromatic N) is 1. The molecule has 0 spiro atoms. The largest absolute Gasteiger partial charge is 0.489 e. The van der Waals surface area contributed by atoms with Gasteiger partial charge in [-0.05, 0) is 37.6 Å². The Kier molecular flexibility index (Phi) is 7.66. The quantitative estimate of drug-likeness (QED) is 0.461. The Hall–Kier alpha value is -3.03. The van der Waals surface area contributed by atoms with Gasteiger partial charge in [0.05, 0.1) is 6.54 Å². The minimum atomic E-state index is -0.615. The number of benzene rings is 1. The molecule has 7 nitrogen and oxygen atoms in total. The van der Waals surface area contributed by atoms with Gasteiger partial charge in [-0.1, -0.05) is 13.0 Å². The van der Waals surface area contributed by atoms with Gasteiger partial charge < -0.3 is 25.5 Å². The van der Waals surface area contributed by atoms with Crippen LogP contribution in [0.5, 0.6) is 5.75 Å². The van der Waals surface area contributed by atoms with E-state index in [2.05, 4.69) is 15.6 Å². The van der Waals surface area contributed by atoms with Crippen LogP contribution in [-0.2, 0) is 6.54 Å². The molecule has 0 radical (unpaired) electrons. The van der Waals surface area contributed by atoms with E-state index >= 15 is 0 Å². The Morgan fingerprint density at radius 2 is 2.11 bits per heavy atom. The Labute approximate surface area is 157 Å². The fraction of sp³-hybridized carbons (Fsp3) is 0.368.